The Kier molecular flexibility index (Phi) is 8.40. The van der Waals surface area contributed by atoms with Crippen molar-refractivity contribution in [2.24, 2.45) is 16.1 Å². The average molecular weight is 419 g/mol. The van der Waals surface area contributed by atoms with Crippen LogP contribution >= 0.6 is 0 Å². The van der Waals surface area contributed by atoms with Crippen LogP contribution in [0, 0.1) is 5.41 Å². The molecule has 2 rings (SSSR count). The van der Waals surface area contributed by atoms with Crippen LogP contribution in [0.15, 0.2) is 41.1 Å². The standard InChI is InChI=1S/C22H34N4O4/c1-22(2,3)19(27)13-20(23)24-21(28)18-10-7-11-30-26(18)17-9-6-8-16(12-17)14-29-15-25(4)5/h6,8-9,12-13,18,27H,7,10-11,14-15H2,1-5H3,(H2,23,24,28)/b19-13-/t18-/m0/s1. The molecule has 1 aliphatic heterocycles. The number of nitrogens with zero attached hydrogens (tertiary/aromatic N) is 3. The molecule has 0 bridgehead atoms. The van der Waals surface area contributed by atoms with E-state index >= 15 is 0 Å². The minimum absolute atomic E-state index is 0.0243. The SMILES string of the molecule is CN(C)COCc1cccc(N2OCCC[C@H]2C(=O)N=C(N)/C=C(\O)C(C)(C)C)c1. The van der Waals surface area contributed by atoms with Gasteiger partial charge in [-0.15, -0.1) is 0 Å². The lowest BCUT2D eigenvalue weighted by molar-refractivity contribution is -0.122. The van der Waals surface area contributed by atoms with Gasteiger partial charge in [-0.3, -0.25) is 14.5 Å². The molecule has 1 fully saturated rings. The summed E-state index contributed by atoms with van der Waals surface area (Å²) in [6.07, 6.45) is 2.68. The van der Waals surface area contributed by atoms with Gasteiger partial charge >= 0.3 is 0 Å². The molecule has 0 aromatic heterocycles. The second-order valence-electron chi connectivity index (χ2n) is 8.70. The molecule has 30 heavy (non-hydrogen) atoms. The number of aliphatic hydroxyl groups is 1. The van der Waals surface area contributed by atoms with Crippen LogP contribution in [0.3, 0.4) is 0 Å². The molecule has 1 aliphatic rings. The number of benzene rings is 1. The number of allylic oxidation sites excluding steroid dienone is 1. The number of carbonyl (C=O) groups is 1. The molecule has 0 aliphatic carbocycles. The zero-order valence-electron chi connectivity index (χ0n) is 18.6. The van der Waals surface area contributed by atoms with E-state index in [1.807, 2.05) is 64.0 Å². The fourth-order valence-electron chi connectivity index (χ4n) is 2.85. The summed E-state index contributed by atoms with van der Waals surface area (Å²) in [5, 5.41) is 11.7. The summed E-state index contributed by atoms with van der Waals surface area (Å²) in [4.78, 5) is 24.6. The molecule has 1 atom stereocenters. The average Bonchev–Trinajstić information content (AvgIpc) is 2.67. The van der Waals surface area contributed by atoms with Gasteiger partial charge in [-0.25, -0.2) is 5.06 Å². The Morgan fingerprint density at radius 1 is 1.43 bits per heavy atom. The van der Waals surface area contributed by atoms with Crippen LogP contribution in [0.5, 0.6) is 0 Å². The van der Waals surface area contributed by atoms with E-state index in [1.54, 1.807) is 5.06 Å². The summed E-state index contributed by atoms with van der Waals surface area (Å²) in [5.74, 6) is -0.359. The Morgan fingerprint density at radius 2 is 2.17 bits per heavy atom. The molecule has 166 valence electrons. The van der Waals surface area contributed by atoms with Crippen LogP contribution in [-0.4, -0.2) is 55.2 Å². The number of ether oxygens (including phenoxy) is 1. The topological polar surface area (TPSA) is 101 Å². The fourth-order valence-corrected chi connectivity index (χ4v) is 2.85. The Morgan fingerprint density at radius 3 is 2.83 bits per heavy atom. The smallest absolute Gasteiger partial charge is 0.272 e. The van der Waals surface area contributed by atoms with Crippen molar-refractivity contribution >= 4 is 17.4 Å². The minimum atomic E-state index is -0.583. The molecule has 0 saturated carbocycles. The van der Waals surface area contributed by atoms with E-state index in [-0.39, 0.29) is 11.6 Å². The maximum Gasteiger partial charge on any atom is 0.272 e. The van der Waals surface area contributed by atoms with Crippen molar-refractivity contribution < 1.29 is 19.5 Å². The number of rotatable bonds is 7. The largest absolute Gasteiger partial charge is 0.512 e. The normalized spacial score (nSPS) is 18.7. The Labute approximate surface area is 178 Å². The van der Waals surface area contributed by atoms with E-state index in [0.717, 1.165) is 17.7 Å². The van der Waals surface area contributed by atoms with Crippen LogP contribution in [0.2, 0.25) is 0 Å². The van der Waals surface area contributed by atoms with Gasteiger partial charge in [-0.1, -0.05) is 32.9 Å². The van der Waals surface area contributed by atoms with Crippen molar-refractivity contribution in [3.8, 4) is 0 Å². The van der Waals surface area contributed by atoms with Gasteiger partial charge in [0.25, 0.3) is 5.91 Å². The Bertz CT molecular complexity index is 784. The predicted molar refractivity (Wildman–Crippen MR) is 118 cm³/mol. The number of hydrogen-bond donors (Lipinski definition) is 2. The first-order valence-corrected chi connectivity index (χ1v) is 10.1. The summed E-state index contributed by atoms with van der Waals surface area (Å²) in [6.45, 7) is 7.05. The molecule has 3 N–H and O–H groups in total. The van der Waals surface area contributed by atoms with Gasteiger partial charge in [0, 0.05) is 11.5 Å². The zero-order valence-corrected chi connectivity index (χ0v) is 18.6. The first-order valence-electron chi connectivity index (χ1n) is 10.1. The van der Waals surface area contributed by atoms with E-state index in [9.17, 15) is 9.90 Å². The predicted octanol–water partition coefficient (Wildman–Crippen LogP) is 2.99. The number of amides is 1. The third kappa shape index (κ3) is 7.12. The molecule has 8 heteroatoms. The second-order valence-corrected chi connectivity index (χ2v) is 8.70. The molecule has 0 spiro atoms. The lowest BCUT2D eigenvalue weighted by Gasteiger charge is -2.34. The van der Waals surface area contributed by atoms with Gasteiger partial charge in [0.15, 0.2) is 0 Å². The minimum Gasteiger partial charge on any atom is -0.512 e. The molecule has 8 nitrogen and oxygen atoms in total. The van der Waals surface area contributed by atoms with Crippen molar-refractivity contribution in [3.63, 3.8) is 0 Å². The third-order valence-electron chi connectivity index (χ3n) is 4.50. The van der Waals surface area contributed by atoms with E-state index in [1.165, 1.54) is 6.08 Å². The maximum absolute atomic E-state index is 12.8. The summed E-state index contributed by atoms with van der Waals surface area (Å²) in [6, 6.07) is 7.13. The number of aliphatic hydroxyl groups excluding tert-OH is 1. The van der Waals surface area contributed by atoms with Crippen LogP contribution in [0.1, 0.15) is 39.2 Å². The Balaban J connectivity index is 2.16. The number of nitrogens with two attached hydrogens (primary N) is 1. The molecule has 1 heterocycles. The van der Waals surface area contributed by atoms with Crippen LogP contribution in [0.4, 0.5) is 5.69 Å². The third-order valence-corrected chi connectivity index (χ3v) is 4.50. The van der Waals surface area contributed by atoms with Gasteiger partial charge < -0.3 is 15.6 Å². The molecule has 1 aromatic carbocycles. The van der Waals surface area contributed by atoms with Crippen molar-refractivity contribution in [3.05, 3.63) is 41.7 Å². The van der Waals surface area contributed by atoms with E-state index in [4.69, 9.17) is 15.3 Å². The highest BCUT2D eigenvalue weighted by atomic mass is 16.7. The van der Waals surface area contributed by atoms with Crippen LogP contribution in [0.25, 0.3) is 0 Å². The number of amidine groups is 1. The highest BCUT2D eigenvalue weighted by Crippen LogP contribution is 2.26. The lowest BCUT2D eigenvalue weighted by atomic mass is 9.93. The summed E-state index contributed by atoms with van der Waals surface area (Å²) < 4.78 is 5.65. The fraction of sp³-hybridized carbons (Fsp3) is 0.545. The molecule has 0 radical (unpaired) electrons. The van der Waals surface area contributed by atoms with E-state index in [2.05, 4.69) is 4.99 Å². The zero-order chi connectivity index (χ0) is 22.3. The van der Waals surface area contributed by atoms with E-state index in [0.29, 0.717) is 26.4 Å². The second kappa shape index (κ2) is 10.6. The van der Waals surface area contributed by atoms with Crippen LogP contribution < -0.4 is 10.8 Å². The van der Waals surface area contributed by atoms with E-state index < -0.39 is 17.4 Å². The molecular formula is C22H34N4O4. The van der Waals surface area contributed by atoms with Crippen molar-refractivity contribution in [2.45, 2.75) is 46.3 Å². The maximum atomic E-state index is 12.8. The quantitative estimate of drug-likeness (QED) is 0.304. The number of anilines is 1. The molecule has 0 unspecified atom stereocenters. The summed E-state index contributed by atoms with van der Waals surface area (Å²) >= 11 is 0. The van der Waals surface area contributed by atoms with Gasteiger partial charge in [0.05, 0.1) is 25.6 Å². The first-order chi connectivity index (χ1) is 14.1. The molecular weight excluding hydrogens is 384 g/mol. The summed E-state index contributed by atoms with van der Waals surface area (Å²) in [5.41, 5.74) is 7.15. The van der Waals surface area contributed by atoms with Crippen molar-refractivity contribution in [2.75, 3.05) is 32.5 Å². The Hall–Kier alpha value is -2.42. The molecule has 1 amide bonds. The lowest BCUT2D eigenvalue weighted by Crippen LogP contribution is -2.45. The number of aliphatic imine (C=N–C) groups is 1. The number of carbonyl (C=O) groups excluding carboxylic acids is 1. The van der Waals surface area contributed by atoms with Gasteiger partial charge in [0.1, 0.15) is 17.6 Å². The summed E-state index contributed by atoms with van der Waals surface area (Å²) in [7, 11) is 3.88. The van der Waals surface area contributed by atoms with Crippen LogP contribution in [-0.2, 0) is 21.0 Å². The van der Waals surface area contributed by atoms with Gasteiger partial charge in [-0.2, -0.15) is 4.99 Å². The first kappa shape index (κ1) is 23.9. The number of hydroxylamine groups is 1. The monoisotopic (exact) mass is 418 g/mol. The highest BCUT2D eigenvalue weighted by Gasteiger charge is 2.30. The highest BCUT2D eigenvalue weighted by molar-refractivity contribution is 6.02. The van der Waals surface area contributed by atoms with Gasteiger partial charge in [-0.05, 0) is 44.6 Å². The van der Waals surface area contributed by atoms with Crippen molar-refractivity contribution in [1.29, 1.82) is 0 Å². The molecule has 1 aromatic rings. The van der Waals surface area contributed by atoms with Gasteiger partial charge in [0.2, 0.25) is 0 Å². The molecule has 1 saturated heterocycles. The van der Waals surface area contributed by atoms with Crippen molar-refractivity contribution in [1.82, 2.24) is 4.90 Å². The number of hydrogen-bond acceptors (Lipinski definition) is 6.